The number of piperidine rings is 1. The van der Waals surface area contributed by atoms with Crippen molar-refractivity contribution < 1.29 is 30.5 Å². The number of non-ortho nitro benzene ring substituents is 1. The molecule has 3 aromatic rings. The van der Waals surface area contributed by atoms with Crippen LogP contribution in [0.1, 0.15) is 36.3 Å². The molecule has 1 unspecified atom stereocenters. The number of sulfone groups is 1. The summed E-state index contributed by atoms with van der Waals surface area (Å²) in [7, 11) is -7.19. The molecule has 0 radical (unpaired) electrons. The largest absolute Gasteiger partial charge is 0.303 e. The monoisotopic (exact) mass is 607 g/mol. The van der Waals surface area contributed by atoms with Gasteiger partial charge in [-0.3, -0.25) is 10.1 Å². The number of nitro groups is 1. The second-order valence-corrected chi connectivity index (χ2v) is 14.1. The highest BCUT2D eigenvalue weighted by Crippen LogP contribution is 2.31. The highest BCUT2D eigenvalue weighted by Gasteiger charge is 2.24. The zero-order chi connectivity index (χ0) is 29.8. The Hall–Kier alpha value is -3.26. The molecule has 3 aromatic carbocycles. The Morgan fingerprint density at radius 3 is 2.00 bits per heavy atom. The van der Waals surface area contributed by atoms with Gasteiger partial charge in [0.25, 0.3) is 5.69 Å². The van der Waals surface area contributed by atoms with Crippen LogP contribution in [0.2, 0.25) is 0 Å². The number of rotatable bonds is 11. The van der Waals surface area contributed by atoms with Gasteiger partial charge in [0.1, 0.15) is 11.6 Å². The van der Waals surface area contributed by atoms with Crippen molar-refractivity contribution in [2.24, 2.45) is 5.92 Å². The average molecular weight is 608 g/mol. The molecule has 0 amide bonds. The first-order valence-corrected chi connectivity index (χ1v) is 16.4. The fourth-order valence-corrected chi connectivity index (χ4v) is 6.78. The molecular weight excluding hydrogens is 576 g/mol. The van der Waals surface area contributed by atoms with Gasteiger partial charge < -0.3 is 4.90 Å². The minimum atomic E-state index is -3.80. The summed E-state index contributed by atoms with van der Waals surface area (Å²) in [5.41, 5.74) is 1.02. The highest BCUT2D eigenvalue weighted by atomic mass is 32.2. The first-order valence-electron chi connectivity index (χ1n) is 13.0. The van der Waals surface area contributed by atoms with Crippen LogP contribution in [0.25, 0.3) is 0 Å². The van der Waals surface area contributed by atoms with Crippen LogP contribution in [-0.2, 0) is 19.9 Å². The van der Waals surface area contributed by atoms with Gasteiger partial charge in [0, 0.05) is 36.9 Å². The Bertz CT molecular complexity index is 1570. The number of hydrogen-bond donors (Lipinski definition) is 1. The molecule has 220 valence electrons. The van der Waals surface area contributed by atoms with Crippen LogP contribution in [-0.4, -0.2) is 59.1 Å². The molecule has 0 aliphatic carbocycles. The van der Waals surface area contributed by atoms with Gasteiger partial charge in [-0.15, -0.1) is 0 Å². The lowest BCUT2D eigenvalue weighted by molar-refractivity contribution is -0.384. The first-order chi connectivity index (χ1) is 19.3. The van der Waals surface area contributed by atoms with Gasteiger partial charge in [0.05, 0.1) is 14.7 Å². The summed E-state index contributed by atoms with van der Waals surface area (Å²) in [6, 6.07) is 14.5. The van der Waals surface area contributed by atoms with E-state index in [0.717, 1.165) is 42.9 Å². The van der Waals surface area contributed by atoms with Gasteiger partial charge in [0.15, 0.2) is 9.84 Å². The third-order valence-electron chi connectivity index (χ3n) is 7.36. The molecule has 0 aromatic heterocycles. The van der Waals surface area contributed by atoms with Crippen molar-refractivity contribution in [1.82, 2.24) is 9.62 Å². The summed E-state index contributed by atoms with van der Waals surface area (Å²) >= 11 is 0. The van der Waals surface area contributed by atoms with Crippen molar-refractivity contribution in [1.29, 1.82) is 0 Å². The molecule has 1 N–H and O–H groups in total. The van der Waals surface area contributed by atoms with Crippen LogP contribution in [0.4, 0.5) is 14.5 Å². The number of hydrogen-bond acceptors (Lipinski definition) is 7. The molecule has 1 aliphatic heterocycles. The normalized spacial score (nSPS) is 16.0. The van der Waals surface area contributed by atoms with Crippen LogP contribution in [0.5, 0.6) is 0 Å². The number of benzene rings is 3. The number of nitro benzene ring substituents is 1. The Kier molecular flexibility index (Phi) is 9.52. The lowest BCUT2D eigenvalue weighted by Gasteiger charge is -2.33. The maximum atomic E-state index is 14.1. The zero-order valence-electron chi connectivity index (χ0n) is 22.4. The molecule has 1 saturated heterocycles. The summed E-state index contributed by atoms with van der Waals surface area (Å²) in [6.07, 6.45) is 3.14. The van der Waals surface area contributed by atoms with Crippen LogP contribution in [0.3, 0.4) is 0 Å². The standard InChI is InChI=1S/C28H31F2N3O6S2/c1-40(36,37)26-6-2-21(3-7-26)28(22-16-23(29)18-24(30)17-22)12-15-32-13-10-20(11-14-32)19-31-41(38,39)27-8-4-25(5-9-27)33(34)35/h2-9,16-18,20,28,31H,10-15,19H2,1H3. The third-order valence-corrected chi connectivity index (χ3v) is 9.93. The van der Waals surface area contributed by atoms with Crippen molar-refractivity contribution in [3.63, 3.8) is 0 Å². The minimum absolute atomic E-state index is 0.0371. The van der Waals surface area contributed by atoms with Crippen LogP contribution in [0.15, 0.2) is 76.5 Å². The number of nitrogens with one attached hydrogen (secondary N) is 1. The summed E-state index contributed by atoms with van der Waals surface area (Å²) < 4.78 is 79.7. The molecule has 1 fully saturated rings. The fourth-order valence-electron chi connectivity index (χ4n) is 5.03. The maximum Gasteiger partial charge on any atom is 0.269 e. The smallest absolute Gasteiger partial charge is 0.269 e. The Labute approximate surface area is 238 Å². The van der Waals surface area contributed by atoms with Crippen LogP contribution >= 0.6 is 0 Å². The molecule has 1 heterocycles. The molecular formula is C28H31F2N3O6S2. The summed E-state index contributed by atoms with van der Waals surface area (Å²) in [6.45, 7) is 2.28. The van der Waals surface area contributed by atoms with E-state index < -0.39 is 36.4 Å². The van der Waals surface area contributed by atoms with E-state index in [1.54, 1.807) is 12.1 Å². The Morgan fingerprint density at radius 1 is 0.902 bits per heavy atom. The second kappa shape index (κ2) is 12.7. The lowest BCUT2D eigenvalue weighted by Crippen LogP contribution is -2.39. The number of sulfonamides is 1. The molecule has 0 saturated carbocycles. The molecule has 9 nitrogen and oxygen atoms in total. The van der Waals surface area contributed by atoms with Crippen molar-refractivity contribution >= 4 is 25.5 Å². The SMILES string of the molecule is CS(=O)(=O)c1ccc(C(CCN2CCC(CNS(=O)(=O)c3ccc([N+](=O)[O-])cc3)CC2)c2cc(F)cc(F)c2)cc1. The maximum absolute atomic E-state index is 14.1. The van der Waals surface area contributed by atoms with E-state index in [9.17, 15) is 35.7 Å². The van der Waals surface area contributed by atoms with E-state index in [2.05, 4.69) is 9.62 Å². The van der Waals surface area contributed by atoms with E-state index in [-0.39, 0.29) is 33.9 Å². The average Bonchev–Trinajstić information content (AvgIpc) is 2.92. The fraction of sp³-hybridized carbons (Fsp3) is 0.357. The van der Waals surface area contributed by atoms with E-state index >= 15 is 0 Å². The van der Waals surface area contributed by atoms with Gasteiger partial charge in [-0.2, -0.15) is 0 Å². The quantitative estimate of drug-likeness (QED) is 0.251. The molecule has 4 rings (SSSR count). The molecule has 13 heteroatoms. The summed E-state index contributed by atoms with van der Waals surface area (Å²) in [5, 5.41) is 10.8. The Balaban J connectivity index is 1.36. The van der Waals surface area contributed by atoms with Crippen LogP contribution < -0.4 is 4.72 Å². The van der Waals surface area contributed by atoms with Crippen molar-refractivity contribution in [2.75, 3.05) is 32.4 Å². The molecule has 41 heavy (non-hydrogen) atoms. The molecule has 1 atom stereocenters. The summed E-state index contributed by atoms with van der Waals surface area (Å²) in [5.74, 6) is -1.62. The van der Waals surface area contributed by atoms with E-state index in [1.807, 2.05) is 0 Å². The van der Waals surface area contributed by atoms with Crippen molar-refractivity contribution in [3.05, 3.63) is 99.6 Å². The highest BCUT2D eigenvalue weighted by molar-refractivity contribution is 7.90. The topological polar surface area (TPSA) is 127 Å². The van der Waals surface area contributed by atoms with E-state index in [0.29, 0.717) is 31.6 Å². The van der Waals surface area contributed by atoms with Gasteiger partial charge >= 0.3 is 0 Å². The third kappa shape index (κ3) is 8.15. The van der Waals surface area contributed by atoms with Crippen molar-refractivity contribution in [2.45, 2.75) is 35.0 Å². The Morgan fingerprint density at radius 2 is 1.46 bits per heavy atom. The predicted octanol–water partition coefficient (Wildman–Crippen LogP) is 4.49. The van der Waals surface area contributed by atoms with Crippen LogP contribution in [0, 0.1) is 27.7 Å². The molecule has 0 spiro atoms. The van der Waals surface area contributed by atoms with Crippen molar-refractivity contribution in [3.8, 4) is 0 Å². The molecule has 1 aliphatic rings. The minimum Gasteiger partial charge on any atom is -0.303 e. The first kappa shape index (κ1) is 30.7. The van der Waals surface area contributed by atoms with Gasteiger partial charge in [0.2, 0.25) is 10.0 Å². The number of halogens is 2. The lowest BCUT2D eigenvalue weighted by atomic mass is 9.87. The van der Waals surface area contributed by atoms with E-state index in [4.69, 9.17) is 0 Å². The molecule has 0 bridgehead atoms. The zero-order valence-corrected chi connectivity index (χ0v) is 24.0. The van der Waals surface area contributed by atoms with E-state index in [1.165, 1.54) is 36.4 Å². The predicted molar refractivity (Wildman–Crippen MR) is 150 cm³/mol. The van der Waals surface area contributed by atoms with Gasteiger partial charge in [-0.1, -0.05) is 12.1 Å². The summed E-state index contributed by atoms with van der Waals surface area (Å²) in [4.78, 5) is 12.6. The number of likely N-dealkylation sites (tertiary alicyclic amines) is 1. The second-order valence-electron chi connectivity index (χ2n) is 10.3. The van der Waals surface area contributed by atoms with Gasteiger partial charge in [-0.25, -0.2) is 30.3 Å². The van der Waals surface area contributed by atoms with Gasteiger partial charge in [-0.05, 0) is 92.3 Å². The number of nitrogens with zero attached hydrogens (tertiary/aromatic N) is 2.